The molecule has 0 amide bonds. The van der Waals surface area contributed by atoms with Crippen molar-refractivity contribution < 1.29 is 5.11 Å². The molecule has 0 aromatic carbocycles. The van der Waals surface area contributed by atoms with Crippen molar-refractivity contribution in [2.75, 3.05) is 0 Å². The lowest BCUT2D eigenvalue weighted by Crippen LogP contribution is -2.11. The molecule has 4 heteroatoms. The number of aliphatic hydroxyl groups is 1. The van der Waals surface area contributed by atoms with E-state index in [1.807, 2.05) is 6.92 Å². The van der Waals surface area contributed by atoms with Crippen molar-refractivity contribution in [2.24, 2.45) is 5.11 Å². The van der Waals surface area contributed by atoms with Crippen LogP contribution >= 0.6 is 0 Å². The molecule has 0 bridgehead atoms. The monoisotopic (exact) mass is 143 g/mol. The Morgan fingerprint density at radius 1 is 1.70 bits per heavy atom. The standard InChI is InChI=1S/C6H13N3O/c1-3-6(10)4-5(2)8-9-7/h5-6,10H,3-4H2,1-2H3. The Kier molecular flexibility index (Phi) is 4.72. The Labute approximate surface area is 60.5 Å². The van der Waals surface area contributed by atoms with Gasteiger partial charge in [-0.1, -0.05) is 19.0 Å². The van der Waals surface area contributed by atoms with E-state index in [1.165, 1.54) is 0 Å². The van der Waals surface area contributed by atoms with Crippen molar-refractivity contribution in [2.45, 2.75) is 38.8 Å². The van der Waals surface area contributed by atoms with E-state index in [9.17, 15) is 0 Å². The number of hydrogen-bond acceptors (Lipinski definition) is 2. The van der Waals surface area contributed by atoms with Crippen LogP contribution in [0.1, 0.15) is 26.7 Å². The van der Waals surface area contributed by atoms with Gasteiger partial charge in [0.2, 0.25) is 0 Å². The molecule has 2 atom stereocenters. The molecule has 0 fully saturated rings. The molecule has 0 radical (unpaired) electrons. The molecule has 0 rings (SSSR count). The topological polar surface area (TPSA) is 69.0 Å². The second-order valence-corrected chi connectivity index (χ2v) is 2.35. The first-order valence-corrected chi connectivity index (χ1v) is 3.43. The molecule has 0 heterocycles. The maximum atomic E-state index is 9.07. The maximum absolute atomic E-state index is 9.07. The molecule has 2 unspecified atom stereocenters. The fourth-order valence-corrected chi connectivity index (χ4v) is 0.696. The Balaban J connectivity index is 3.56. The van der Waals surface area contributed by atoms with E-state index in [2.05, 4.69) is 10.0 Å². The van der Waals surface area contributed by atoms with Crippen molar-refractivity contribution in [3.63, 3.8) is 0 Å². The van der Waals surface area contributed by atoms with E-state index in [1.54, 1.807) is 6.92 Å². The van der Waals surface area contributed by atoms with Crippen molar-refractivity contribution in [1.29, 1.82) is 0 Å². The molecular weight excluding hydrogens is 130 g/mol. The van der Waals surface area contributed by atoms with Crippen LogP contribution in [0, 0.1) is 0 Å². The zero-order valence-electron chi connectivity index (χ0n) is 6.36. The van der Waals surface area contributed by atoms with Crippen molar-refractivity contribution >= 4 is 0 Å². The summed E-state index contributed by atoms with van der Waals surface area (Å²) in [4.78, 5) is 2.64. The molecule has 0 aliphatic heterocycles. The average molecular weight is 143 g/mol. The third-order valence-corrected chi connectivity index (χ3v) is 1.33. The molecule has 4 nitrogen and oxygen atoms in total. The quantitative estimate of drug-likeness (QED) is 0.364. The molecule has 0 aliphatic rings. The highest BCUT2D eigenvalue weighted by Crippen LogP contribution is 2.04. The van der Waals surface area contributed by atoms with E-state index in [0.717, 1.165) is 0 Å². The molecule has 0 aliphatic carbocycles. The molecule has 10 heavy (non-hydrogen) atoms. The van der Waals surface area contributed by atoms with Crippen LogP contribution in [0.25, 0.3) is 10.4 Å². The summed E-state index contributed by atoms with van der Waals surface area (Å²) >= 11 is 0. The minimum absolute atomic E-state index is 0.0973. The molecule has 58 valence electrons. The molecular formula is C6H13N3O. The van der Waals surface area contributed by atoms with Gasteiger partial charge in [-0.05, 0) is 18.4 Å². The highest BCUT2D eigenvalue weighted by molar-refractivity contribution is 4.65. The van der Waals surface area contributed by atoms with Gasteiger partial charge in [-0.15, -0.1) is 0 Å². The fourth-order valence-electron chi connectivity index (χ4n) is 0.696. The average Bonchev–Trinajstić information content (AvgIpc) is 1.88. The minimum Gasteiger partial charge on any atom is -0.393 e. The SMILES string of the molecule is CCC(O)CC(C)N=[N+]=[N-]. The van der Waals surface area contributed by atoms with Crippen LogP contribution < -0.4 is 0 Å². The van der Waals surface area contributed by atoms with Crippen LogP contribution in [0.2, 0.25) is 0 Å². The molecule has 0 saturated heterocycles. The summed E-state index contributed by atoms with van der Waals surface area (Å²) in [6.07, 6.45) is 0.937. The van der Waals surface area contributed by atoms with Crippen molar-refractivity contribution in [3.8, 4) is 0 Å². The normalized spacial score (nSPS) is 15.5. The van der Waals surface area contributed by atoms with Crippen LogP contribution in [-0.4, -0.2) is 17.3 Å². The highest BCUT2D eigenvalue weighted by atomic mass is 16.3. The smallest absolute Gasteiger partial charge is 0.0541 e. The zero-order valence-corrected chi connectivity index (χ0v) is 6.36. The molecule has 0 spiro atoms. The van der Waals surface area contributed by atoms with Gasteiger partial charge in [0.1, 0.15) is 0 Å². The van der Waals surface area contributed by atoms with Gasteiger partial charge in [0.25, 0.3) is 0 Å². The van der Waals surface area contributed by atoms with Gasteiger partial charge < -0.3 is 5.11 Å². The van der Waals surface area contributed by atoms with E-state index >= 15 is 0 Å². The van der Waals surface area contributed by atoms with Crippen LogP contribution in [0.5, 0.6) is 0 Å². The van der Waals surface area contributed by atoms with Crippen LogP contribution in [-0.2, 0) is 0 Å². The number of azide groups is 1. The largest absolute Gasteiger partial charge is 0.393 e. The van der Waals surface area contributed by atoms with Gasteiger partial charge >= 0.3 is 0 Å². The fraction of sp³-hybridized carbons (Fsp3) is 1.00. The van der Waals surface area contributed by atoms with Crippen LogP contribution in [0.15, 0.2) is 5.11 Å². The van der Waals surface area contributed by atoms with Crippen LogP contribution in [0.4, 0.5) is 0 Å². The summed E-state index contributed by atoms with van der Waals surface area (Å²) in [6.45, 7) is 3.69. The van der Waals surface area contributed by atoms with E-state index < -0.39 is 0 Å². The predicted molar refractivity (Wildman–Crippen MR) is 39.5 cm³/mol. The van der Waals surface area contributed by atoms with E-state index in [4.69, 9.17) is 10.6 Å². The third kappa shape index (κ3) is 4.18. The first kappa shape index (κ1) is 9.27. The summed E-state index contributed by atoms with van der Waals surface area (Å²) in [5.74, 6) is 0. The van der Waals surface area contributed by atoms with Gasteiger partial charge in [-0.3, -0.25) is 0 Å². The lowest BCUT2D eigenvalue weighted by atomic mass is 10.1. The number of rotatable bonds is 4. The summed E-state index contributed by atoms with van der Waals surface area (Å²) in [5, 5.41) is 12.5. The first-order valence-electron chi connectivity index (χ1n) is 3.43. The second-order valence-electron chi connectivity index (χ2n) is 2.35. The molecule has 0 aromatic rings. The van der Waals surface area contributed by atoms with Crippen molar-refractivity contribution in [3.05, 3.63) is 10.4 Å². The predicted octanol–water partition coefficient (Wildman–Crippen LogP) is 1.85. The third-order valence-electron chi connectivity index (χ3n) is 1.33. The Morgan fingerprint density at radius 2 is 2.30 bits per heavy atom. The number of nitrogens with zero attached hydrogens (tertiary/aromatic N) is 3. The minimum atomic E-state index is -0.333. The lowest BCUT2D eigenvalue weighted by molar-refractivity contribution is 0.153. The van der Waals surface area contributed by atoms with Crippen LogP contribution in [0.3, 0.4) is 0 Å². The van der Waals surface area contributed by atoms with Crippen molar-refractivity contribution in [1.82, 2.24) is 0 Å². The van der Waals surface area contributed by atoms with Gasteiger partial charge in [0.05, 0.1) is 6.10 Å². The highest BCUT2D eigenvalue weighted by Gasteiger charge is 2.05. The maximum Gasteiger partial charge on any atom is 0.0541 e. The summed E-state index contributed by atoms with van der Waals surface area (Å²) in [7, 11) is 0. The summed E-state index contributed by atoms with van der Waals surface area (Å²) in [5.41, 5.74) is 8.00. The summed E-state index contributed by atoms with van der Waals surface area (Å²) in [6, 6.07) is -0.0973. The second kappa shape index (κ2) is 5.09. The molecule has 0 saturated carbocycles. The lowest BCUT2D eigenvalue weighted by Gasteiger charge is -2.08. The number of hydrogen-bond donors (Lipinski definition) is 1. The first-order chi connectivity index (χ1) is 4.70. The Bertz CT molecular complexity index is 131. The van der Waals surface area contributed by atoms with E-state index in [-0.39, 0.29) is 12.1 Å². The zero-order chi connectivity index (χ0) is 7.98. The molecule has 0 aromatic heterocycles. The molecule has 1 N–H and O–H groups in total. The van der Waals surface area contributed by atoms with E-state index in [0.29, 0.717) is 12.8 Å². The Morgan fingerprint density at radius 3 is 2.70 bits per heavy atom. The number of aliphatic hydroxyl groups excluding tert-OH is 1. The van der Waals surface area contributed by atoms with Gasteiger partial charge in [0, 0.05) is 11.0 Å². The Hall–Kier alpha value is -0.730. The van der Waals surface area contributed by atoms with Gasteiger partial charge in [-0.25, -0.2) is 0 Å². The van der Waals surface area contributed by atoms with Gasteiger partial charge in [0.15, 0.2) is 0 Å². The van der Waals surface area contributed by atoms with Gasteiger partial charge in [-0.2, -0.15) is 0 Å². The summed E-state index contributed by atoms with van der Waals surface area (Å²) < 4.78 is 0.